The monoisotopic (exact) mass is 547 g/mol. The molecule has 0 saturated carbocycles. The number of carbonyl (C=O) groups excluding carboxylic acids is 1. The molecule has 0 aliphatic carbocycles. The average molecular weight is 547 g/mol. The van der Waals surface area contributed by atoms with Crippen LogP contribution in [0.3, 0.4) is 0 Å². The van der Waals surface area contributed by atoms with Crippen LogP contribution in [0.1, 0.15) is 10.5 Å². The number of amides is 1. The molecule has 3 rings (SSSR count). The molecule has 39 heavy (non-hydrogen) atoms. The van der Waals surface area contributed by atoms with E-state index < -0.39 is 63.7 Å². The summed E-state index contributed by atoms with van der Waals surface area (Å²) in [6.07, 6.45) is -5.31. The Kier molecular flexibility index (Phi) is 7.45. The molecular weight excluding hydrogens is 540 g/mol. The Bertz CT molecular complexity index is 1650. The lowest BCUT2D eigenvalue weighted by atomic mass is 10.3. The highest BCUT2D eigenvalue weighted by molar-refractivity contribution is 5.99. The molecule has 3 aromatic rings. The molecule has 12 nitrogen and oxygen atoms in total. The van der Waals surface area contributed by atoms with Gasteiger partial charge in [0.15, 0.2) is 11.4 Å². The number of imidazole rings is 1. The number of rotatable bonds is 5. The molecule has 0 unspecified atom stereocenters. The minimum absolute atomic E-state index is 0.144. The lowest BCUT2D eigenvalue weighted by Gasteiger charge is -2.09. The van der Waals surface area contributed by atoms with E-state index in [-0.39, 0.29) is 5.69 Å². The van der Waals surface area contributed by atoms with Crippen LogP contribution in [0.4, 0.5) is 49.6 Å². The number of nitrogens with one attached hydrogen (secondary N) is 1. The number of carbonyl (C=O) groups is 1. The van der Waals surface area contributed by atoms with Crippen LogP contribution in [0.2, 0.25) is 0 Å². The summed E-state index contributed by atoms with van der Waals surface area (Å²) in [7, 11) is 0. The number of terminal acetylenes is 1. The van der Waals surface area contributed by atoms with Crippen molar-refractivity contribution in [1.82, 2.24) is 24.6 Å². The first-order valence-electron chi connectivity index (χ1n) is 9.61. The number of benzene rings is 1. The lowest BCUT2D eigenvalue weighted by molar-refractivity contribution is -0.274. The molecule has 0 fully saturated rings. The van der Waals surface area contributed by atoms with E-state index in [9.17, 15) is 36.2 Å². The molecule has 2 aromatic heterocycles. The SMILES string of the molecule is [C-]#[N+]c1nc(N=Nc2c(C(=O)NC#CC#C)nn(-c3ccc(OC(F)(F)F)cc3)c2O)n(C(F)(F)F)c1[N+]#[C-]. The summed E-state index contributed by atoms with van der Waals surface area (Å²) in [6.45, 7) is 13.9. The molecule has 18 heteroatoms. The van der Waals surface area contributed by atoms with E-state index in [1.165, 1.54) is 0 Å². The Morgan fingerprint density at radius 3 is 2.33 bits per heavy atom. The fourth-order valence-electron chi connectivity index (χ4n) is 2.76. The van der Waals surface area contributed by atoms with Crippen molar-refractivity contribution in [2.24, 2.45) is 10.2 Å². The summed E-state index contributed by atoms with van der Waals surface area (Å²) in [5, 5.41) is 23.0. The Morgan fingerprint density at radius 1 is 1.13 bits per heavy atom. The van der Waals surface area contributed by atoms with Gasteiger partial charge in [-0.3, -0.25) is 10.1 Å². The molecule has 0 bridgehead atoms. The van der Waals surface area contributed by atoms with Gasteiger partial charge in [0.2, 0.25) is 5.88 Å². The number of hydrogen-bond donors (Lipinski definition) is 2. The molecule has 1 aromatic carbocycles. The zero-order valence-corrected chi connectivity index (χ0v) is 18.5. The van der Waals surface area contributed by atoms with Crippen LogP contribution in [0.5, 0.6) is 11.6 Å². The molecule has 0 spiro atoms. The second kappa shape index (κ2) is 10.5. The van der Waals surface area contributed by atoms with Crippen molar-refractivity contribution in [2.75, 3.05) is 0 Å². The second-order valence-electron chi connectivity index (χ2n) is 6.61. The molecule has 2 N–H and O–H groups in total. The van der Waals surface area contributed by atoms with Crippen molar-refractivity contribution in [1.29, 1.82) is 0 Å². The van der Waals surface area contributed by atoms with Gasteiger partial charge >= 0.3 is 18.6 Å². The molecule has 0 aliphatic heterocycles. The smallest absolute Gasteiger partial charge is 0.492 e. The summed E-state index contributed by atoms with van der Waals surface area (Å²) < 4.78 is 81.5. The summed E-state index contributed by atoms with van der Waals surface area (Å²) in [4.78, 5) is 21.2. The minimum Gasteiger partial charge on any atom is -0.492 e. The Balaban J connectivity index is 2.15. The number of alkyl halides is 6. The largest absolute Gasteiger partial charge is 0.573 e. The number of hydrogen-bond acceptors (Lipinski definition) is 7. The first-order chi connectivity index (χ1) is 18.3. The van der Waals surface area contributed by atoms with E-state index in [0.717, 1.165) is 24.3 Å². The molecule has 0 aliphatic rings. The highest BCUT2D eigenvalue weighted by atomic mass is 19.4. The third-order valence-corrected chi connectivity index (χ3v) is 4.20. The van der Waals surface area contributed by atoms with E-state index >= 15 is 0 Å². The van der Waals surface area contributed by atoms with Crippen LogP contribution < -0.4 is 10.1 Å². The molecular formula is C21H7F6N9O3. The highest BCUT2D eigenvalue weighted by Gasteiger charge is 2.44. The van der Waals surface area contributed by atoms with Gasteiger partial charge < -0.3 is 19.5 Å². The zero-order valence-electron chi connectivity index (χ0n) is 18.5. The standard InChI is InChI=1S/C21H7F6N9O3/c1-4-5-10-30-17(37)13-14(32-33-19-31-15(28-2)16(29-3)35(19)20(22,23)24)18(38)36(34-13)11-6-8-12(9-7-11)39-21(25,26)27/h1,6-9,38H,(H,30,37). The Morgan fingerprint density at radius 2 is 1.79 bits per heavy atom. The molecule has 0 saturated heterocycles. The van der Waals surface area contributed by atoms with Crippen LogP contribution in [0.15, 0.2) is 34.5 Å². The average Bonchev–Trinajstić information content (AvgIpc) is 3.39. The molecule has 1 amide bonds. The zero-order chi connectivity index (χ0) is 29.0. The molecule has 2 heterocycles. The fraction of sp³-hybridized carbons (Fsp3) is 0.0952. The topological polar surface area (TPSA) is 128 Å². The maximum Gasteiger partial charge on any atom is 0.573 e. The maximum atomic E-state index is 13.5. The van der Waals surface area contributed by atoms with Crippen LogP contribution >= 0.6 is 0 Å². The highest BCUT2D eigenvalue weighted by Crippen LogP contribution is 2.42. The van der Waals surface area contributed by atoms with E-state index in [4.69, 9.17) is 19.6 Å². The molecule has 0 atom stereocenters. The van der Waals surface area contributed by atoms with E-state index in [0.29, 0.717) is 4.68 Å². The molecule has 0 radical (unpaired) electrons. The number of nitrogens with zero attached hydrogens (tertiary/aromatic N) is 8. The summed E-state index contributed by atoms with van der Waals surface area (Å²) >= 11 is 0. The van der Waals surface area contributed by atoms with E-state index in [2.05, 4.69) is 34.7 Å². The first kappa shape index (κ1) is 27.6. The van der Waals surface area contributed by atoms with Crippen LogP contribution in [-0.2, 0) is 6.30 Å². The summed E-state index contributed by atoms with van der Waals surface area (Å²) in [6, 6.07) is 5.73. The van der Waals surface area contributed by atoms with Gasteiger partial charge in [-0.05, 0) is 30.2 Å². The number of halogens is 6. The van der Waals surface area contributed by atoms with Gasteiger partial charge in [-0.15, -0.1) is 37.9 Å². The van der Waals surface area contributed by atoms with Crippen molar-refractivity contribution < 1.29 is 41.0 Å². The lowest BCUT2D eigenvalue weighted by Crippen LogP contribution is -2.18. The Labute approximate surface area is 212 Å². The van der Waals surface area contributed by atoms with Gasteiger partial charge in [0.25, 0.3) is 17.5 Å². The van der Waals surface area contributed by atoms with E-state index in [1.54, 1.807) is 0 Å². The quantitative estimate of drug-likeness (QED) is 0.153. The van der Waals surface area contributed by atoms with Crippen LogP contribution in [0.25, 0.3) is 15.4 Å². The van der Waals surface area contributed by atoms with Gasteiger partial charge in [0.1, 0.15) is 5.75 Å². The first-order valence-corrected chi connectivity index (χ1v) is 9.61. The van der Waals surface area contributed by atoms with Gasteiger partial charge in [0, 0.05) is 12.0 Å². The van der Waals surface area contributed by atoms with Crippen LogP contribution in [0, 0.1) is 37.5 Å². The van der Waals surface area contributed by atoms with E-state index in [1.807, 2.05) is 23.2 Å². The second-order valence-corrected chi connectivity index (χ2v) is 6.61. The van der Waals surface area contributed by atoms with Crippen molar-refractivity contribution in [3.63, 3.8) is 0 Å². The third-order valence-electron chi connectivity index (χ3n) is 4.20. The predicted molar refractivity (Wildman–Crippen MR) is 116 cm³/mol. The minimum atomic E-state index is -5.26. The number of ether oxygens (including phenoxy) is 1. The van der Waals surface area contributed by atoms with Crippen molar-refractivity contribution >= 4 is 29.2 Å². The van der Waals surface area contributed by atoms with Gasteiger partial charge in [-0.2, -0.15) is 14.3 Å². The summed E-state index contributed by atoms with van der Waals surface area (Å²) in [5.41, 5.74) is -1.75. The van der Waals surface area contributed by atoms with Gasteiger partial charge in [-0.1, -0.05) is 23.2 Å². The maximum absolute atomic E-state index is 13.5. The van der Waals surface area contributed by atoms with Crippen molar-refractivity contribution in [3.8, 4) is 41.6 Å². The summed E-state index contributed by atoms with van der Waals surface area (Å²) in [5.74, 6) is -2.32. The number of azo groups is 1. The van der Waals surface area contributed by atoms with Gasteiger partial charge in [-0.25, -0.2) is 0 Å². The Hall–Kier alpha value is -6.01. The van der Waals surface area contributed by atoms with Gasteiger partial charge in [0.05, 0.1) is 5.69 Å². The van der Waals surface area contributed by atoms with Crippen molar-refractivity contribution in [3.05, 3.63) is 52.8 Å². The van der Waals surface area contributed by atoms with Crippen molar-refractivity contribution in [2.45, 2.75) is 12.7 Å². The fourth-order valence-corrected chi connectivity index (χ4v) is 2.76. The van der Waals surface area contributed by atoms with Crippen LogP contribution in [-0.4, -0.2) is 36.7 Å². The molecule has 196 valence electrons. The predicted octanol–water partition coefficient (Wildman–Crippen LogP) is 4.99. The number of aromatic hydroxyl groups is 1. The normalized spacial score (nSPS) is 11.2. The third kappa shape index (κ3) is 6.04. The number of aromatic nitrogens is 4.